The molecule has 1 aliphatic carbocycles. The lowest BCUT2D eigenvalue weighted by Crippen LogP contribution is -2.13. The van der Waals surface area contributed by atoms with E-state index in [0.717, 1.165) is 12.2 Å². The lowest BCUT2D eigenvalue weighted by molar-refractivity contribution is 0.185. The van der Waals surface area contributed by atoms with E-state index < -0.39 is 0 Å². The zero-order chi connectivity index (χ0) is 6.53. The molecule has 1 saturated carbocycles. The molecule has 0 saturated heterocycles. The zero-order valence-electron chi connectivity index (χ0n) is 5.51. The van der Waals surface area contributed by atoms with Gasteiger partial charge in [0, 0.05) is 0 Å². The molecule has 9 heavy (non-hydrogen) atoms. The topological polar surface area (TPSA) is 35.2 Å². The molecule has 0 spiro atoms. The molecule has 0 atom stereocenters. The molecule has 0 aromatic rings. The van der Waals surface area contributed by atoms with Gasteiger partial charge in [-0.1, -0.05) is 19.3 Å². The SMILES string of the molecule is NSOC1CCCCC1. The largest absolute Gasteiger partial charge is 0.298 e. The van der Waals surface area contributed by atoms with Crippen molar-refractivity contribution in [3.8, 4) is 0 Å². The van der Waals surface area contributed by atoms with Gasteiger partial charge in [-0.25, -0.2) is 0 Å². The summed E-state index contributed by atoms with van der Waals surface area (Å²) in [6.07, 6.45) is 6.83. The molecule has 3 heteroatoms. The van der Waals surface area contributed by atoms with E-state index in [9.17, 15) is 0 Å². The minimum Gasteiger partial charge on any atom is -0.298 e. The first-order valence-corrected chi connectivity index (χ1v) is 4.26. The standard InChI is InChI=1S/C6H13NOS/c7-9-8-6-4-2-1-3-5-6/h6H,1-5,7H2. The van der Waals surface area contributed by atoms with Crippen molar-refractivity contribution < 1.29 is 4.18 Å². The average molecular weight is 147 g/mol. The van der Waals surface area contributed by atoms with Gasteiger partial charge >= 0.3 is 0 Å². The first-order chi connectivity index (χ1) is 4.43. The molecule has 0 heterocycles. The monoisotopic (exact) mass is 147 g/mol. The lowest BCUT2D eigenvalue weighted by atomic mass is 9.98. The van der Waals surface area contributed by atoms with E-state index >= 15 is 0 Å². The van der Waals surface area contributed by atoms with Gasteiger partial charge < -0.3 is 0 Å². The Morgan fingerprint density at radius 1 is 1.22 bits per heavy atom. The highest BCUT2D eigenvalue weighted by Crippen LogP contribution is 2.21. The summed E-state index contributed by atoms with van der Waals surface area (Å²) in [5.74, 6) is 0. The summed E-state index contributed by atoms with van der Waals surface area (Å²) in [6, 6.07) is 0. The maximum atomic E-state index is 5.18. The van der Waals surface area contributed by atoms with E-state index in [1.54, 1.807) is 0 Å². The highest BCUT2D eigenvalue weighted by molar-refractivity contribution is 7.92. The van der Waals surface area contributed by atoms with Crippen LogP contribution in [0.5, 0.6) is 0 Å². The van der Waals surface area contributed by atoms with E-state index in [-0.39, 0.29) is 0 Å². The van der Waals surface area contributed by atoms with Crippen LogP contribution in [0.1, 0.15) is 32.1 Å². The predicted octanol–water partition coefficient (Wildman–Crippen LogP) is 1.86. The molecule has 2 nitrogen and oxygen atoms in total. The molecule has 2 N–H and O–H groups in total. The van der Waals surface area contributed by atoms with Crippen molar-refractivity contribution in [3.05, 3.63) is 0 Å². The number of rotatable bonds is 2. The van der Waals surface area contributed by atoms with Crippen LogP contribution in [0.2, 0.25) is 0 Å². The molecule has 0 bridgehead atoms. The van der Waals surface area contributed by atoms with Crippen molar-refractivity contribution in [1.82, 2.24) is 0 Å². The van der Waals surface area contributed by atoms with E-state index in [4.69, 9.17) is 9.32 Å². The van der Waals surface area contributed by atoms with Crippen LogP contribution in [-0.2, 0) is 4.18 Å². The Morgan fingerprint density at radius 2 is 1.89 bits per heavy atom. The Balaban J connectivity index is 2.08. The molecule has 54 valence electrons. The molecule has 1 rings (SSSR count). The summed E-state index contributed by atoms with van der Waals surface area (Å²) in [6.45, 7) is 0. The van der Waals surface area contributed by atoms with E-state index in [1.165, 1.54) is 32.1 Å². The summed E-state index contributed by atoms with van der Waals surface area (Å²) in [4.78, 5) is 0. The highest BCUT2D eigenvalue weighted by Gasteiger charge is 2.12. The van der Waals surface area contributed by atoms with E-state index in [1.807, 2.05) is 0 Å². The molecular formula is C6H13NOS. The van der Waals surface area contributed by atoms with Gasteiger partial charge in [-0.2, -0.15) is 0 Å². The summed E-state index contributed by atoms with van der Waals surface area (Å²) in [5, 5.41) is 5.15. The van der Waals surface area contributed by atoms with Crippen LogP contribution >= 0.6 is 12.2 Å². The van der Waals surface area contributed by atoms with Crippen LogP contribution in [0.15, 0.2) is 0 Å². The Labute approximate surface area is 60.5 Å². The van der Waals surface area contributed by atoms with Crippen LogP contribution < -0.4 is 5.14 Å². The Bertz CT molecular complexity index is 70.7. The van der Waals surface area contributed by atoms with Crippen LogP contribution in [0.4, 0.5) is 0 Å². The van der Waals surface area contributed by atoms with Gasteiger partial charge in [0.05, 0.1) is 18.3 Å². The van der Waals surface area contributed by atoms with Crippen LogP contribution in [-0.4, -0.2) is 6.10 Å². The van der Waals surface area contributed by atoms with Crippen LogP contribution in [0.25, 0.3) is 0 Å². The maximum Gasteiger partial charge on any atom is 0.0761 e. The summed E-state index contributed by atoms with van der Waals surface area (Å²) >= 11 is 1.01. The molecular weight excluding hydrogens is 134 g/mol. The fourth-order valence-electron chi connectivity index (χ4n) is 1.24. The van der Waals surface area contributed by atoms with Gasteiger partial charge in [-0.3, -0.25) is 9.32 Å². The smallest absolute Gasteiger partial charge is 0.0761 e. The molecule has 0 radical (unpaired) electrons. The Hall–Kier alpha value is 0.270. The second kappa shape index (κ2) is 4.14. The molecule has 0 amide bonds. The van der Waals surface area contributed by atoms with Gasteiger partial charge in [-0.15, -0.1) is 0 Å². The maximum absolute atomic E-state index is 5.18. The normalized spacial score (nSPS) is 22.3. The van der Waals surface area contributed by atoms with Crippen molar-refractivity contribution in [3.63, 3.8) is 0 Å². The Kier molecular flexibility index (Phi) is 3.40. The van der Waals surface area contributed by atoms with Crippen molar-refractivity contribution in [1.29, 1.82) is 0 Å². The third kappa shape index (κ3) is 2.56. The van der Waals surface area contributed by atoms with E-state index in [0.29, 0.717) is 6.10 Å². The Morgan fingerprint density at radius 3 is 2.44 bits per heavy atom. The number of hydrogen-bond acceptors (Lipinski definition) is 3. The highest BCUT2D eigenvalue weighted by atomic mass is 32.2. The molecule has 1 aliphatic rings. The second-order valence-electron chi connectivity index (χ2n) is 2.45. The zero-order valence-corrected chi connectivity index (χ0v) is 6.32. The van der Waals surface area contributed by atoms with Gasteiger partial charge in [0.25, 0.3) is 0 Å². The molecule has 0 aliphatic heterocycles. The summed E-state index contributed by atoms with van der Waals surface area (Å²) in [7, 11) is 0. The summed E-state index contributed by atoms with van der Waals surface area (Å²) in [5.41, 5.74) is 0. The van der Waals surface area contributed by atoms with E-state index in [2.05, 4.69) is 0 Å². The summed E-state index contributed by atoms with van der Waals surface area (Å²) < 4.78 is 5.18. The van der Waals surface area contributed by atoms with Crippen molar-refractivity contribution >= 4 is 12.2 Å². The molecule has 1 fully saturated rings. The molecule has 0 aromatic heterocycles. The third-order valence-corrected chi connectivity index (χ3v) is 2.13. The minimum absolute atomic E-state index is 0.439. The minimum atomic E-state index is 0.439. The number of nitrogens with two attached hydrogens (primary N) is 1. The third-order valence-electron chi connectivity index (χ3n) is 1.74. The fraction of sp³-hybridized carbons (Fsp3) is 1.00. The van der Waals surface area contributed by atoms with Crippen molar-refractivity contribution in [2.75, 3.05) is 0 Å². The predicted molar refractivity (Wildman–Crippen MR) is 39.7 cm³/mol. The second-order valence-corrected chi connectivity index (χ2v) is 2.84. The van der Waals surface area contributed by atoms with Crippen LogP contribution in [0, 0.1) is 0 Å². The lowest BCUT2D eigenvalue weighted by Gasteiger charge is -2.19. The van der Waals surface area contributed by atoms with Crippen molar-refractivity contribution in [2.24, 2.45) is 5.14 Å². The average Bonchev–Trinajstić information content (AvgIpc) is 1.91. The molecule has 0 unspecified atom stereocenters. The first kappa shape index (κ1) is 7.38. The van der Waals surface area contributed by atoms with Crippen LogP contribution in [0.3, 0.4) is 0 Å². The molecule has 0 aromatic carbocycles. The van der Waals surface area contributed by atoms with Crippen molar-refractivity contribution in [2.45, 2.75) is 38.2 Å². The van der Waals surface area contributed by atoms with Gasteiger partial charge in [0.15, 0.2) is 0 Å². The van der Waals surface area contributed by atoms with Gasteiger partial charge in [-0.05, 0) is 12.8 Å². The number of hydrogen-bond donors (Lipinski definition) is 1. The van der Waals surface area contributed by atoms with Gasteiger partial charge in [0.2, 0.25) is 0 Å². The fourth-order valence-corrected chi connectivity index (χ4v) is 1.59. The quantitative estimate of drug-likeness (QED) is 0.478. The first-order valence-electron chi connectivity index (χ1n) is 3.45. The van der Waals surface area contributed by atoms with Gasteiger partial charge in [0.1, 0.15) is 0 Å².